The van der Waals surface area contributed by atoms with Crippen molar-refractivity contribution in [2.75, 3.05) is 13.2 Å². The van der Waals surface area contributed by atoms with Crippen molar-refractivity contribution < 1.29 is 14.3 Å². The van der Waals surface area contributed by atoms with Crippen molar-refractivity contribution in [3.8, 4) is 5.75 Å². The number of rotatable bonds is 9. The first-order chi connectivity index (χ1) is 12.1. The van der Waals surface area contributed by atoms with E-state index in [1.54, 1.807) is 12.1 Å². The number of ether oxygens (including phenoxy) is 1. The summed E-state index contributed by atoms with van der Waals surface area (Å²) in [6, 6.07) is 18.3. The van der Waals surface area contributed by atoms with Gasteiger partial charge in [0.2, 0.25) is 5.91 Å². The van der Waals surface area contributed by atoms with Crippen LogP contribution in [-0.2, 0) is 4.79 Å². The van der Waals surface area contributed by atoms with Crippen molar-refractivity contribution in [1.29, 1.82) is 0 Å². The number of amides is 2. The van der Waals surface area contributed by atoms with Crippen LogP contribution in [0.2, 0.25) is 0 Å². The maximum Gasteiger partial charge on any atom is 0.251 e. The average molecular weight is 340 g/mol. The van der Waals surface area contributed by atoms with Crippen LogP contribution >= 0.6 is 0 Å². The highest BCUT2D eigenvalue weighted by atomic mass is 16.5. The molecule has 1 atom stereocenters. The summed E-state index contributed by atoms with van der Waals surface area (Å²) in [4.78, 5) is 23.9. The smallest absolute Gasteiger partial charge is 0.251 e. The highest BCUT2D eigenvalue weighted by Crippen LogP contribution is 2.08. The molecular weight excluding hydrogens is 316 g/mol. The summed E-state index contributed by atoms with van der Waals surface area (Å²) in [7, 11) is 0. The lowest BCUT2D eigenvalue weighted by atomic mass is 10.1. The molecule has 0 aliphatic carbocycles. The number of carbonyl (C=O) groups excluding carboxylic acids is 2. The molecule has 0 aromatic heterocycles. The van der Waals surface area contributed by atoms with Crippen LogP contribution in [0, 0.1) is 0 Å². The van der Waals surface area contributed by atoms with E-state index in [1.807, 2.05) is 55.5 Å². The van der Waals surface area contributed by atoms with Crippen molar-refractivity contribution in [3.05, 3.63) is 66.2 Å². The van der Waals surface area contributed by atoms with Crippen molar-refractivity contribution in [3.63, 3.8) is 0 Å². The Hall–Kier alpha value is -2.82. The fourth-order valence-corrected chi connectivity index (χ4v) is 2.30. The molecule has 0 heterocycles. The second-order valence-electron chi connectivity index (χ2n) is 5.81. The van der Waals surface area contributed by atoms with E-state index in [-0.39, 0.29) is 24.3 Å². The van der Waals surface area contributed by atoms with Crippen LogP contribution in [0.4, 0.5) is 0 Å². The van der Waals surface area contributed by atoms with Gasteiger partial charge in [-0.25, -0.2) is 0 Å². The van der Waals surface area contributed by atoms with Gasteiger partial charge in [0.05, 0.1) is 6.61 Å². The van der Waals surface area contributed by atoms with E-state index in [9.17, 15) is 9.59 Å². The molecule has 2 N–H and O–H groups in total. The molecule has 0 bridgehead atoms. The fraction of sp³-hybridized carbons (Fsp3) is 0.300. The highest BCUT2D eigenvalue weighted by Gasteiger charge is 2.12. The van der Waals surface area contributed by atoms with E-state index < -0.39 is 0 Å². The lowest BCUT2D eigenvalue weighted by molar-refractivity contribution is -0.121. The molecule has 0 unspecified atom stereocenters. The van der Waals surface area contributed by atoms with E-state index in [0.29, 0.717) is 18.7 Å². The van der Waals surface area contributed by atoms with Crippen molar-refractivity contribution >= 4 is 11.8 Å². The minimum Gasteiger partial charge on any atom is -0.494 e. The van der Waals surface area contributed by atoms with Crippen LogP contribution in [0.3, 0.4) is 0 Å². The number of benzene rings is 2. The van der Waals surface area contributed by atoms with Gasteiger partial charge in [-0.1, -0.05) is 36.4 Å². The zero-order valence-corrected chi connectivity index (χ0v) is 14.4. The van der Waals surface area contributed by atoms with Gasteiger partial charge in [-0.15, -0.1) is 0 Å². The molecule has 2 aromatic rings. The van der Waals surface area contributed by atoms with E-state index in [4.69, 9.17) is 4.74 Å². The van der Waals surface area contributed by atoms with Gasteiger partial charge < -0.3 is 15.4 Å². The first-order valence-corrected chi connectivity index (χ1v) is 8.45. The molecule has 25 heavy (non-hydrogen) atoms. The van der Waals surface area contributed by atoms with Crippen molar-refractivity contribution in [2.45, 2.75) is 25.8 Å². The third-order valence-electron chi connectivity index (χ3n) is 3.56. The normalized spacial score (nSPS) is 11.4. The van der Waals surface area contributed by atoms with Crippen LogP contribution in [0.1, 0.15) is 30.1 Å². The molecule has 0 fully saturated rings. The largest absolute Gasteiger partial charge is 0.494 e. The monoisotopic (exact) mass is 340 g/mol. The Morgan fingerprint density at radius 2 is 1.64 bits per heavy atom. The van der Waals surface area contributed by atoms with Gasteiger partial charge in [-0.05, 0) is 37.6 Å². The maximum atomic E-state index is 12.0. The molecule has 0 spiro atoms. The predicted octanol–water partition coefficient (Wildman–Crippen LogP) is 2.78. The zero-order chi connectivity index (χ0) is 17.9. The van der Waals surface area contributed by atoms with E-state index in [1.165, 1.54) is 0 Å². The van der Waals surface area contributed by atoms with Crippen molar-refractivity contribution in [1.82, 2.24) is 10.6 Å². The second-order valence-corrected chi connectivity index (χ2v) is 5.81. The van der Waals surface area contributed by atoms with E-state index >= 15 is 0 Å². The molecule has 5 heteroatoms. The Morgan fingerprint density at radius 3 is 2.32 bits per heavy atom. The summed E-state index contributed by atoms with van der Waals surface area (Å²) in [5.74, 6) is 0.573. The minimum atomic E-state index is -0.228. The molecule has 0 radical (unpaired) electrons. The lowest BCUT2D eigenvalue weighted by Crippen LogP contribution is -2.37. The maximum absolute atomic E-state index is 12.0. The van der Waals surface area contributed by atoms with Gasteiger partial charge in [0, 0.05) is 24.6 Å². The zero-order valence-electron chi connectivity index (χ0n) is 14.4. The van der Waals surface area contributed by atoms with Gasteiger partial charge in [0.25, 0.3) is 5.91 Å². The summed E-state index contributed by atoms with van der Waals surface area (Å²) in [6.45, 7) is 2.91. The van der Waals surface area contributed by atoms with Gasteiger partial charge in [-0.2, -0.15) is 0 Å². The van der Waals surface area contributed by atoms with Crippen LogP contribution in [0.5, 0.6) is 5.75 Å². The van der Waals surface area contributed by atoms with Crippen LogP contribution in [-0.4, -0.2) is 31.0 Å². The number of carbonyl (C=O) groups is 2. The highest BCUT2D eigenvalue weighted by molar-refractivity contribution is 5.94. The Labute approximate surface area is 148 Å². The van der Waals surface area contributed by atoms with Gasteiger partial charge in [0.1, 0.15) is 5.75 Å². The second kappa shape index (κ2) is 10.1. The molecule has 2 rings (SSSR count). The Bertz CT molecular complexity index is 659. The SMILES string of the molecule is C[C@@H](CC(=O)NCCCOc1ccccc1)NC(=O)c1ccccc1. The molecule has 2 amide bonds. The average Bonchev–Trinajstić information content (AvgIpc) is 2.63. The summed E-state index contributed by atoms with van der Waals surface area (Å²) < 4.78 is 5.56. The summed E-state index contributed by atoms with van der Waals surface area (Å²) in [5, 5.41) is 5.67. The number of hydrogen-bond donors (Lipinski definition) is 2. The summed E-state index contributed by atoms with van der Waals surface area (Å²) >= 11 is 0. The van der Waals surface area contributed by atoms with E-state index in [2.05, 4.69) is 10.6 Å². The molecule has 0 saturated heterocycles. The topological polar surface area (TPSA) is 67.4 Å². The third kappa shape index (κ3) is 7.08. The standard InChI is InChI=1S/C20H24N2O3/c1-16(22-20(24)17-9-4-2-5-10-17)15-19(23)21-13-8-14-25-18-11-6-3-7-12-18/h2-7,9-12,16H,8,13-15H2,1H3,(H,21,23)(H,22,24)/t16-/m0/s1. The quantitative estimate of drug-likeness (QED) is 0.690. The van der Waals surface area contributed by atoms with Crippen LogP contribution < -0.4 is 15.4 Å². The Balaban J connectivity index is 1.59. The molecule has 0 saturated carbocycles. The lowest BCUT2D eigenvalue weighted by Gasteiger charge is -2.14. The van der Waals surface area contributed by atoms with Gasteiger partial charge in [0.15, 0.2) is 0 Å². The van der Waals surface area contributed by atoms with Gasteiger partial charge >= 0.3 is 0 Å². The molecule has 0 aliphatic heterocycles. The van der Waals surface area contributed by atoms with Crippen molar-refractivity contribution in [2.24, 2.45) is 0 Å². The minimum absolute atomic E-state index is 0.0828. The number of nitrogens with one attached hydrogen (secondary N) is 2. The number of hydrogen-bond acceptors (Lipinski definition) is 3. The predicted molar refractivity (Wildman–Crippen MR) is 97.6 cm³/mol. The summed E-state index contributed by atoms with van der Waals surface area (Å²) in [6.07, 6.45) is 0.976. The Kier molecular flexibility index (Phi) is 7.50. The molecule has 2 aromatic carbocycles. The Morgan fingerprint density at radius 1 is 1.00 bits per heavy atom. The molecule has 132 valence electrons. The number of para-hydroxylation sites is 1. The van der Waals surface area contributed by atoms with Crippen LogP contribution in [0.15, 0.2) is 60.7 Å². The van der Waals surface area contributed by atoms with Gasteiger partial charge in [-0.3, -0.25) is 9.59 Å². The summed E-state index contributed by atoms with van der Waals surface area (Å²) in [5.41, 5.74) is 0.591. The first kappa shape index (κ1) is 18.5. The fourth-order valence-electron chi connectivity index (χ4n) is 2.30. The third-order valence-corrected chi connectivity index (χ3v) is 3.56. The molecule has 5 nitrogen and oxygen atoms in total. The first-order valence-electron chi connectivity index (χ1n) is 8.45. The molecular formula is C20H24N2O3. The van der Waals surface area contributed by atoms with E-state index in [0.717, 1.165) is 12.2 Å². The van der Waals surface area contributed by atoms with Crippen LogP contribution in [0.25, 0.3) is 0 Å². The molecule has 0 aliphatic rings.